The number of hydrogen-bond donors (Lipinski definition) is 2. The smallest absolute Gasteiger partial charge is 0.344 e. The maximum atomic E-state index is 15.4. The number of aromatic amines is 1. The van der Waals surface area contributed by atoms with E-state index in [2.05, 4.69) is 14.8 Å². The van der Waals surface area contributed by atoms with E-state index in [1.54, 1.807) is 19.4 Å². The number of hydrogen-bond acceptors (Lipinski definition) is 12. The molecule has 9 rings (SSSR count). The predicted molar refractivity (Wildman–Crippen MR) is 232 cm³/mol. The number of fused-ring (bicyclic) bond motifs is 6. The third kappa shape index (κ3) is 6.02. The van der Waals surface area contributed by atoms with Gasteiger partial charge in [0.15, 0.2) is 11.0 Å². The molecule has 16 heteroatoms. The molecule has 13 nitrogen and oxygen atoms in total. The largest absolute Gasteiger partial charge is 0.612 e. The first-order valence-electron chi connectivity index (χ1n) is 21.9. The van der Waals surface area contributed by atoms with Crippen molar-refractivity contribution in [2.45, 2.75) is 98.3 Å². The fourth-order valence-electron chi connectivity index (χ4n) is 13.6. The molecule has 6 aliphatic rings. The zero-order chi connectivity index (χ0) is 45.2. The van der Waals surface area contributed by atoms with Crippen LogP contribution in [0.5, 0.6) is 5.75 Å². The van der Waals surface area contributed by atoms with Crippen molar-refractivity contribution in [2.24, 2.45) is 17.3 Å². The summed E-state index contributed by atoms with van der Waals surface area (Å²) in [5.74, 6) is -6.19. The van der Waals surface area contributed by atoms with Gasteiger partial charge in [-0.1, -0.05) is 19.1 Å². The average Bonchev–Trinajstić information content (AvgIpc) is 3.92. The molecule has 3 aromatic rings. The Morgan fingerprint density at radius 1 is 1.05 bits per heavy atom. The number of ether oxygens (including phenoxy) is 4. The van der Waals surface area contributed by atoms with Gasteiger partial charge >= 0.3 is 17.9 Å². The zero-order valence-electron chi connectivity index (χ0n) is 37.2. The first kappa shape index (κ1) is 44.0. The van der Waals surface area contributed by atoms with Gasteiger partial charge in [0.05, 0.1) is 27.4 Å². The van der Waals surface area contributed by atoms with Gasteiger partial charge in [-0.3, -0.25) is 14.5 Å². The highest BCUT2D eigenvalue weighted by atomic mass is 32.2. The van der Waals surface area contributed by atoms with Crippen LogP contribution in [0.15, 0.2) is 47.4 Å². The molecule has 1 aromatic heterocycles. The molecule has 1 spiro atoms. The number of nitrogens with zero attached hydrogens (tertiary/aromatic N) is 3. The summed E-state index contributed by atoms with van der Waals surface area (Å²) in [6.07, 6.45) is 5.84. The first-order valence-corrected chi connectivity index (χ1v) is 23.5. The van der Waals surface area contributed by atoms with Crippen LogP contribution in [0.25, 0.3) is 10.9 Å². The van der Waals surface area contributed by atoms with E-state index in [4.69, 9.17) is 18.9 Å². The summed E-state index contributed by atoms with van der Waals surface area (Å²) < 4.78 is 67.6. The van der Waals surface area contributed by atoms with Crippen molar-refractivity contribution < 1.29 is 51.8 Å². The van der Waals surface area contributed by atoms with Crippen molar-refractivity contribution in [3.63, 3.8) is 0 Å². The number of halogens is 2. The Hall–Kier alpha value is -4.22. The van der Waals surface area contributed by atoms with Gasteiger partial charge in [0, 0.05) is 103 Å². The SMILES string of the molecule is CC[C@]12C=CCN3CC[C@@]4(c5cc([C@@]6(C(=O)OC)C[C@@H]7C[C@@H](C(C)(F)F)C[N@](CCc8c6[nH]c6ccc([S+](C)[O-])cc86)C7)c(OC)cc5N(C)[C@H]4[C@@](O)(C(=O)OC)[C@@H]1OC(C)=O)[C@@H]32. The van der Waals surface area contributed by atoms with Crippen molar-refractivity contribution in [3.05, 3.63) is 64.9 Å². The molecule has 3 fully saturated rings. The highest BCUT2D eigenvalue weighted by Gasteiger charge is 2.80. The van der Waals surface area contributed by atoms with E-state index in [1.807, 2.05) is 48.2 Å². The number of H-pyrrole nitrogens is 1. The molecule has 2 aromatic carbocycles. The molecule has 5 aliphatic heterocycles. The molecule has 11 atom stereocenters. The van der Waals surface area contributed by atoms with Crippen LogP contribution < -0.4 is 9.64 Å². The maximum absolute atomic E-state index is 15.4. The van der Waals surface area contributed by atoms with Crippen LogP contribution in [0.4, 0.5) is 14.5 Å². The molecule has 2 saturated heterocycles. The fourth-order valence-corrected chi connectivity index (χ4v) is 14.2. The summed E-state index contributed by atoms with van der Waals surface area (Å²) in [5.41, 5.74) is -2.17. The lowest BCUT2D eigenvalue weighted by molar-refractivity contribution is -0.228. The Bertz CT molecular complexity index is 2400. The summed E-state index contributed by atoms with van der Waals surface area (Å²) in [6.45, 7) is 6.52. The molecule has 6 heterocycles. The second kappa shape index (κ2) is 15.2. The minimum atomic E-state index is -2.97. The normalized spacial score (nSPS) is 35.0. The van der Waals surface area contributed by atoms with Gasteiger partial charge in [-0.25, -0.2) is 13.6 Å². The molecular formula is C47H58F2N4O9S. The third-order valence-electron chi connectivity index (χ3n) is 16.0. The van der Waals surface area contributed by atoms with Gasteiger partial charge in [0.2, 0.25) is 11.5 Å². The second-order valence-corrected chi connectivity index (χ2v) is 20.3. The number of nitrogens with one attached hydrogen (secondary N) is 1. The topological polar surface area (TPSA) is 157 Å². The fraction of sp³-hybridized carbons (Fsp3) is 0.596. The monoisotopic (exact) mass is 892 g/mol. The van der Waals surface area contributed by atoms with Crippen LogP contribution in [-0.4, -0.2) is 139 Å². The third-order valence-corrected chi connectivity index (χ3v) is 16.9. The number of rotatable bonds is 8. The number of esters is 3. The Morgan fingerprint density at radius 3 is 2.44 bits per heavy atom. The standard InChI is InChI=1S/C47H58F2N4O9S/c1-9-44-14-10-16-53-18-15-45(38(44)53)32-21-33(36(59-5)22-35(32)51(4)39(45)47(57,42(56)61-7)40(44)62-26(2)54)46(41(55)60-6)23-27-19-28(43(3,48)49)25-52(24-27)17-13-30-31-20-29(63(8)58)11-12-34(31)50-37(30)46/h10-12,14,20-22,27-28,38-40,50,57H,9,13,15-19,23-25H2,1-8H3/t27-,28+,38-,39+,40+,44+,45+,46-,47-,63?/m0/s1. The minimum Gasteiger partial charge on any atom is -0.612 e. The van der Waals surface area contributed by atoms with Crippen molar-refractivity contribution in [1.82, 2.24) is 14.8 Å². The van der Waals surface area contributed by atoms with Crippen LogP contribution in [0.3, 0.4) is 0 Å². The number of methoxy groups -OCH3 is 3. The maximum Gasteiger partial charge on any atom is 0.344 e. The van der Waals surface area contributed by atoms with Gasteiger partial charge in [-0.2, -0.15) is 0 Å². The van der Waals surface area contributed by atoms with Crippen LogP contribution in [-0.2, 0) is 57.0 Å². The zero-order valence-corrected chi connectivity index (χ0v) is 38.0. The van der Waals surface area contributed by atoms with Gasteiger partial charge in [0.1, 0.15) is 17.4 Å². The van der Waals surface area contributed by atoms with E-state index in [-0.39, 0.29) is 19.4 Å². The molecule has 340 valence electrons. The van der Waals surface area contributed by atoms with Gasteiger partial charge in [0.25, 0.3) is 0 Å². The number of alkyl halides is 2. The van der Waals surface area contributed by atoms with E-state index in [0.717, 1.165) is 29.0 Å². The van der Waals surface area contributed by atoms with Crippen LogP contribution >= 0.6 is 0 Å². The van der Waals surface area contributed by atoms with E-state index >= 15 is 13.6 Å². The Labute approximate surface area is 369 Å². The summed E-state index contributed by atoms with van der Waals surface area (Å²) >= 11 is -1.32. The number of aromatic nitrogens is 1. The minimum absolute atomic E-state index is 0.0916. The van der Waals surface area contributed by atoms with Crippen LogP contribution in [0.1, 0.15) is 68.8 Å². The second-order valence-electron chi connectivity index (χ2n) is 19.0. The molecular weight excluding hydrogens is 835 g/mol. The van der Waals surface area contributed by atoms with Crippen LogP contribution in [0.2, 0.25) is 0 Å². The van der Waals surface area contributed by atoms with Gasteiger partial charge < -0.3 is 43.4 Å². The molecule has 0 radical (unpaired) electrons. The van der Waals surface area contributed by atoms with Crippen molar-refractivity contribution in [3.8, 4) is 5.75 Å². The Balaban J connectivity index is 1.36. The summed E-state index contributed by atoms with van der Waals surface area (Å²) in [7, 11) is 5.87. The van der Waals surface area contributed by atoms with Crippen molar-refractivity contribution in [2.75, 3.05) is 72.3 Å². The van der Waals surface area contributed by atoms with E-state index in [0.29, 0.717) is 73.0 Å². The average molecular weight is 893 g/mol. The highest BCUT2D eigenvalue weighted by molar-refractivity contribution is 7.90. The highest BCUT2D eigenvalue weighted by Crippen LogP contribution is 2.68. The number of anilines is 1. The molecule has 0 amide bonds. The van der Waals surface area contributed by atoms with Crippen LogP contribution in [0, 0.1) is 17.3 Å². The van der Waals surface area contributed by atoms with Gasteiger partial charge in [-0.15, -0.1) is 0 Å². The number of carbonyl (C=O) groups is 3. The number of likely N-dealkylation sites (N-methyl/N-ethyl adjacent to an activating group) is 1. The summed E-state index contributed by atoms with van der Waals surface area (Å²) in [6, 6.07) is 7.97. The number of benzene rings is 2. The molecule has 1 aliphatic carbocycles. The molecule has 63 heavy (non-hydrogen) atoms. The molecule has 1 unspecified atom stereocenters. The number of aliphatic hydroxyl groups is 1. The lowest BCUT2D eigenvalue weighted by Crippen LogP contribution is -2.81. The molecule has 2 bridgehead atoms. The van der Waals surface area contributed by atoms with E-state index in [1.165, 1.54) is 28.3 Å². The Morgan fingerprint density at radius 2 is 1.79 bits per heavy atom. The quantitative estimate of drug-likeness (QED) is 0.137. The lowest BCUT2D eigenvalue weighted by atomic mass is 9.47. The van der Waals surface area contributed by atoms with Crippen molar-refractivity contribution in [1.29, 1.82) is 0 Å². The van der Waals surface area contributed by atoms with E-state index < -0.39 is 86.9 Å². The first-order chi connectivity index (χ1) is 29.9. The molecule has 1 saturated carbocycles. The number of carbonyl (C=O) groups excluding carboxylic acids is 3. The summed E-state index contributed by atoms with van der Waals surface area (Å²) in [5, 5.41) is 14.1. The predicted octanol–water partition coefficient (Wildman–Crippen LogP) is 4.86. The van der Waals surface area contributed by atoms with Crippen molar-refractivity contribution >= 4 is 45.7 Å². The van der Waals surface area contributed by atoms with E-state index in [9.17, 15) is 19.2 Å². The Kier molecular flexibility index (Phi) is 10.6. The molecule has 2 N–H and O–H groups in total. The lowest BCUT2D eigenvalue weighted by Gasteiger charge is -2.63. The summed E-state index contributed by atoms with van der Waals surface area (Å²) in [4.78, 5) is 53.4. The van der Waals surface area contributed by atoms with Gasteiger partial charge in [-0.05, 0) is 92.0 Å². The number of piperidine rings is 1.